The molecule has 0 bridgehead atoms. The smallest absolute Gasteiger partial charge is 0.261 e. The Bertz CT molecular complexity index is 571. The number of hydrogen-bond donors (Lipinski definition) is 1. The molecule has 1 aromatic carbocycles. The molecule has 0 amide bonds. The molecule has 0 radical (unpaired) electrons. The molecular weight excluding hydrogens is 240 g/mol. The number of hydrogen-bond acceptors (Lipinski definition) is 4. The second-order valence-electron chi connectivity index (χ2n) is 5.26. The fourth-order valence-electron chi connectivity index (χ4n) is 2.70. The molecule has 100 valence electrons. The van der Waals surface area contributed by atoms with Gasteiger partial charge in [0.1, 0.15) is 5.75 Å². The van der Waals surface area contributed by atoms with E-state index in [1.807, 2.05) is 19.1 Å². The second kappa shape index (κ2) is 5.03. The number of benzene rings is 1. The Hall–Kier alpha value is -1.84. The highest BCUT2D eigenvalue weighted by atomic mass is 16.5. The Morgan fingerprint density at radius 2 is 2.00 bits per heavy atom. The molecule has 0 atom stereocenters. The van der Waals surface area contributed by atoms with Crippen LogP contribution in [-0.2, 0) is 0 Å². The van der Waals surface area contributed by atoms with E-state index in [4.69, 9.17) is 4.52 Å². The third kappa shape index (κ3) is 2.35. The molecule has 0 unspecified atom stereocenters. The van der Waals surface area contributed by atoms with Crippen molar-refractivity contribution in [3.8, 4) is 17.2 Å². The maximum Gasteiger partial charge on any atom is 0.261 e. The molecule has 4 nitrogen and oxygen atoms in total. The first-order valence-corrected chi connectivity index (χ1v) is 6.88. The van der Waals surface area contributed by atoms with Crippen molar-refractivity contribution in [3.05, 3.63) is 29.6 Å². The summed E-state index contributed by atoms with van der Waals surface area (Å²) in [6, 6.07) is 5.55. The van der Waals surface area contributed by atoms with Gasteiger partial charge in [-0.25, -0.2) is 0 Å². The molecule has 1 aliphatic rings. The Balaban J connectivity index is 1.90. The fourth-order valence-corrected chi connectivity index (χ4v) is 2.70. The predicted molar refractivity (Wildman–Crippen MR) is 72.0 cm³/mol. The van der Waals surface area contributed by atoms with Gasteiger partial charge in [-0.05, 0) is 31.4 Å². The topological polar surface area (TPSA) is 59.2 Å². The lowest BCUT2D eigenvalue weighted by atomic mass is 9.89. The van der Waals surface area contributed by atoms with Crippen molar-refractivity contribution < 1.29 is 9.63 Å². The zero-order valence-corrected chi connectivity index (χ0v) is 11.1. The van der Waals surface area contributed by atoms with Crippen molar-refractivity contribution in [2.45, 2.75) is 44.9 Å². The molecule has 1 N–H and O–H groups in total. The minimum atomic E-state index is 0.223. The monoisotopic (exact) mass is 258 g/mol. The number of phenolic OH excluding ortho intramolecular Hbond substituents is 1. The molecule has 0 saturated heterocycles. The highest BCUT2D eigenvalue weighted by molar-refractivity contribution is 5.64. The SMILES string of the molecule is Cc1cccc(-c2nc(C3CCCCC3)no2)c1O. The van der Waals surface area contributed by atoms with Crippen LogP contribution in [-0.4, -0.2) is 15.2 Å². The van der Waals surface area contributed by atoms with Crippen LogP contribution in [0.3, 0.4) is 0 Å². The highest BCUT2D eigenvalue weighted by Gasteiger charge is 2.22. The predicted octanol–water partition coefficient (Wildman–Crippen LogP) is 3.80. The van der Waals surface area contributed by atoms with Crippen molar-refractivity contribution in [1.29, 1.82) is 0 Å². The van der Waals surface area contributed by atoms with Gasteiger partial charge in [0, 0.05) is 5.92 Å². The van der Waals surface area contributed by atoms with Gasteiger partial charge in [0.2, 0.25) is 0 Å². The second-order valence-corrected chi connectivity index (χ2v) is 5.26. The first-order valence-electron chi connectivity index (χ1n) is 6.88. The van der Waals surface area contributed by atoms with E-state index in [9.17, 15) is 5.11 Å². The van der Waals surface area contributed by atoms with Gasteiger partial charge < -0.3 is 9.63 Å². The fraction of sp³-hybridized carbons (Fsp3) is 0.467. The molecule has 0 aliphatic heterocycles. The number of aromatic nitrogens is 2. The van der Waals surface area contributed by atoms with Crippen molar-refractivity contribution in [2.24, 2.45) is 0 Å². The summed E-state index contributed by atoms with van der Waals surface area (Å²) in [6.07, 6.45) is 6.06. The lowest BCUT2D eigenvalue weighted by molar-refractivity contribution is 0.384. The number of aromatic hydroxyl groups is 1. The summed E-state index contributed by atoms with van der Waals surface area (Å²) >= 11 is 0. The van der Waals surface area contributed by atoms with E-state index in [0.29, 0.717) is 17.4 Å². The first-order chi connectivity index (χ1) is 9.25. The van der Waals surface area contributed by atoms with Crippen LogP contribution >= 0.6 is 0 Å². The van der Waals surface area contributed by atoms with Crippen molar-refractivity contribution in [3.63, 3.8) is 0 Å². The average molecular weight is 258 g/mol. The first kappa shape index (κ1) is 12.2. The normalized spacial score (nSPS) is 16.7. The minimum Gasteiger partial charge on any atom is -0.507 e. The summed E-state index contributed by atoms with van der Waals surface area (Å²) in [5, 5.41) is 14.1. The largest absolute Gasteiger partial charge is 0.507 e. The standard InChI is InChI=1S/C15H18N2O2/c1-10-6-5-9-12(13(10)18)15-16-14(17-19-15)11-7-3-2-4-8-11/h5-6,9,11,18H,2-4,7-8H2,1H3. The summed E-state index contributed by atoms with van der Waals surface area (Å²) in [7, 11) is 0. The average Bonchev–Trinajstić information content (AvgIpc) is 2.92. The highest BCUT2D eigenvalue weighted by Crippen LogP contribution is 2.34. The Kier molecular flexibility index (Phi) is 3.23. The molecule has 1 heterocycles. The van der Waals surface area contributed by atoms with Gasteiger partial charge in [0.25, 0.3) is 5.89 Å². The van der Waals surface area contributed by atoms with Crippen LogP contribution in [0, 0.1) is 6.92 Å². The maximum atomic E-state index is 10.0. The molecule has 1 fully saturated rings. The van der Waals surface area contributed by atoms with Crippen LogP contribution in [0.2, 0.25) is 0 Å². The maximum absolute atomic E-state index is 10.0. The van der Waals surface area contributed by atoms with E-state index < -0.39 is 0 Å². The van der Waals surface area contributed by atoms with E-state index in [0.717, 1.165) is 24.2 Å². The Morgan fingerprint density at radius 3 is 2.79 bits per heavy atom. The van der Waals surface area contributed by atoms with Crippen molar-refractivity contribution >= 4 is 0 Å². The number of nitrogens with zero attached hydrogens (tertiary/aromatic N) is 2. The number of phenols is 1. The third-order valence-corrected chi connectivity index (χ3v) is 3.88. The zero-order valence-electron chi connectivity index (χ0n) is 11.1. The minimum absolute atomic E-state index is 0.223. The van der Waals surface area contributed by atoms with E-state index in [-0.39, 0.29) is 5.75 Å². The number of rotatable bonds is 2. The van der Waals surface area contributed by atoms with Gasteiger partial charge in [-0.3, -0.25) is 0 Å². The van der Waals surface area contributed by atoms with Crippen LogP contribution in [0.25, 0.3) is 11.5 Å². The van der Waals surface area contributed by atoms with Crippen LogP contribution in [0.4, 0.5) is 0 Å². The van der Waals surface area contributed by atoms with E-state index >= 15 is 0 Å². The van der Waals surface area contributed by atoms with Gasteiger partial charge in [-0.1, -0.05) is 36.6 Å². The van der Waals surface area contributed by atoms with Gasteiger partial charge in [0.15, 0.2) is 5.82 Å². The van der Waals surface area contributed by atoms with Crippen LogP contribution in [0.5, 0.6) is 5.75 Å². The summed E-state index contributed by atoms with van der Waals surface area (Å²) < 4.78 is 5.32. The number of para-hydroxylation sites is 1. The lowest BCUT2D eigenvalue weighted by Crippen LogP contribution is -2.06. The summed E-state index contributed by atoms with van der Waals surface area (Å²) in [4.78, 5) is 4.47. The Morgan fingerprint density at radius 1 is 1.21 bits per heavy atom. The van der Waals surface area contributed by atoms with Crippen molar-refractivity contribution in [2.75, 3.05) is 0 Å². The summed E-state index contributed by atoms with van der Waals surface area (Å²) in [5.74, 6) is 1.84. The molecule has 4 heteroatoms. The summed E-state index contributed by atoms with van der Waals surface area (Å²) in [5.41, 5.74) is 1.43. The van der Waals surface area contributed by atoms with Crippen LogP contribution in [0.15, 0.2) is 22.7 Å². The van der Waals surface area contributed by atoms with Crippen LogP contribution in [0.1, 0.15) is 49.4 Å². The third-order valence-electron chi connectivity index (χ3n) is 3.88. The molecule has 1 aromatic heterocycles. The molecule has 3 rings (SSSR count). The molecular formula is C15H18N2O2. The van der Waals surface area contributed by atoms with Gasteiger partial charge in [-0.15, -0.1) is 0 Å². The molecule has 1 saturated carbocycles. The van der Waals surface area contributed by atoms with Crippen molar-refractivity contribution in [1.82, 2.24) is 10.1 Å². The summed E-state index contributed by atoms with van der Waals surface area (Å²) in [6.45, 7) is 1.86. The molecule has 0 spiro atoms. The van der Waals surface area contributed by atoms with Gasteiger partial charge in [-0.2, -0.15) is 4.98 Å². The molecule has 2 aromatic rings. The molecule has 19 heavy (non-hydrogen) atoms. The number of aryl methyl sites for hydroxylation is 1. The van der Waals surface area contributed by atoms with Gasteiger partial charge >= 0.3 is 0 Å². The lowest BCUT2D eigenvalue weighted by Gasteiger charge is -2.17. The Labute approximate surface area is 112 Å². The van der Waals surface area contributed by atoms with Crippen LogP contribution < -0.4 is 0 Å². The van der Waals surface area contributed by atoms with E-state index in [1.165, 1.54) is 19.3 Å². The van der Waals surface area contributed by atoms with Gasteiger partial charge in [0.05, 0.1) is 5.56 Å². The quantitative estimate of drug-likeness (QED) is 0.890. The van der Waals surface area contributed by atoms with E-state index in [2.05, 4.69) is 10.1 Å². The zero-order chi connectivity index (χ0) is 13.2. The molecule has 1 aliphatic carbocycles. The van der Waals surface area contributed by atoms with E-state index in [1.54, 1.807) is 6.07 Å².